The number of fused-ring (bicyclic) bond motifs is 1. The van der Waals surface area contributed by atoms with E-state index < -0.39 is 0 Å². The average molecular weight is 336 g/mol. The summed E-state index contributed by atoms with van der Waals surface area (Å²) in [6.45, 7) is 0. The molecule has 0 spiro atoms. The molecule has 0 aliphatic carbocycles. The SMILES string of the molecule is Oc1ccc(-c2[nH]c3c(Cl)cccc3c2-c2ccc(O)cc2)cc1. The van der Waals surface area contributed by atoms with Gasteiger partial charge in [-0.15, -0.1) is 0 Å². The van der Waals surface area contributed by atoms with Gasteiger partial charge in [-0.05, 0) is 53.6 Å². The zero-order valence-corrected chi connectivity index (χ0v) is 13.4. The van der Waals surface area contributed by atoms with Crippen molar-refractivity contribution in [2.24, 2.45) is 0 Å². The monoisotopic (exact) mass is 335 g/mol. The van der Waals surface area contributed by atoms with Gasteiger partial charge in [0.1, 0.15) is 11.5 Å². The molecule has 3 aromatic carbocycles. The summed E-state index contributed by atoms with van der Waals surface area (Å²) in [6.07, 6.45) is 0. The van der Waals surface area contributed by atoms with Crippen molar-refractivity contribution in [3.05, 3.63) is 71.8 Å². The smallest absolute Gasteiger partial charge is 0.115 e. The summed E-state index contributed by atoms with van der Waals surface area (Å²) in [7, 11) is 0. The molecule has 0 saturated carbocycles. The Morgan fingerprint density at radius 1 is 0.708 bits per heavy atom. The lowest BCUT2D eigenvalue weighted by molar-refractivity contribution is 0.475. The van der Waals surface area contributed by atoms with Crippen LogP contribution < -0.4 is 0 Å². The number of H-pyrrole nitrogens is 1. The Bertz CT molecular complexity index is 1020. The molecular weight excluding hydrogens is 322 g/mol. The predicted molar refractivity (Wildman–Crippen MR) is 97.5 cm³/mol. The summed E-state index contributed by atoms with van der Waals surface area (Å²) in [6, 6.07) is 19.9. The second-order valence-corrected chi connectivity index (χ2v) is 6.04. The Morgan fingerprint density at radius 2 is 1.29 bits per heavy atom. The van der Waals surface area contributed by atoms with Gasteiger partial charge in [-0.2, -0.15) is 0 Å². The second kappa shape index (κ2) is 5.62. The van der Waals surface area contributed by atoms with Crippen LogP contribution in [0.4, 0.5) is 0 Å². The number of phenolic OH excluding ortho intramolecular Hbond substituents is 2. The highest BCUT2D eigenvalue weighted by Gasteiger charge is 2.16. The van der Waals surface area contributed by atoms with E-state index in [1.165, 1.54) is 0 Å². The van der Waals surface area contributed by atoms with Crippen molar-refractivity contribution in [1.29, 1.82) is 0 Å². The molecule has 0 aliphatic rings. The lowest BCUT2D eigenvalue weighted by atomic mass is 9.98. The maximum Gasteiger partial charge on any atom is 0.115 e. The number of para-hydroxylation sites is 1. The van der Waals surface area contributed by atoms with E-state index in [0.29, 0.717) is 5.02 Å². The zero-order valence-electron chi connectivity index (χ0n) is 12.6. The molecule has 0 fully saturated rings. The molecule has 0 bridgehead atoms. The first kappa shape index (κ1) is 14.7. The van der Waals surface area contributed by atoms with Crippen molar-refractivity contribution in [1.82, 2.24) is 4.98 Å². The van der Waals surface area contributed by atoms with E-state index in [9.17, 15) is 10.2 Å². The first-order chi connectivity index (χ1) is 11.6. The van der Waals surface area contributed by atoms with Crippen molar-refractivity contribution < 1.29 is 10.2 Å². The summed E-state index contributed by atoms with van der Waals surface area (Å²) < 4.78 is 0. The van der Waals surface area contributed by atoms with Crippen molar-refractivity contribution in [3.63, 3.8) is 0 Å². The number of rotatable bonds is 2. The van der Waals surface area contributed by atoms with Gasteiger partial charge in [0.05, 0.1) is 16.2 Å². The number of aromatic nitrogens is 1. The number of aromatic amines is 1. The number of phenols is 2. The molecule has 4 aromatic rings. The minimum Gasteiger partial charge on any atom is -0.508 e. The molecule has 0 aliphatic heterocycles. The maximum atomic E-state index is 9.57. The van der Waals surface area contributed by atoms with Crippen LogP contribution >= 0.6 is 11.6 Å². The zero-order chi connectivity index (χ0) is 16.7. The highest BCUT2D eigenvalue weighted by atomic mass is 35.5. The summed E-state index contributed by atoms with van der Waals surface area (Å²) >= 11 is 6.36. The van der Waals surface area contributed by atoms with Gasteiger partial charge in [0.2, 0.25) is 0 Å². The summed E-state index contributed by atoms with van der Waals surface area (Å²) in [5.41, 5.74) is 4.72. The minimum atomic E-state index is 0.221. The van der Waals surface area contributed by atoms with Crippen LogP contribution in [-0.2, 0) is 0 Å². The molecule has 118 valence electrons. The van der Waals surface area contributed by atoms with Crippen LogP contribution in [0.15, 0.2) is 66.7 Å². The fourth-order valence-corrected chi connectivity index (χ4v) is 3.18. The molecule has 3 nitrogen and oxygen atoms in total. The van der Waals surface area contributed by atoms with Crippen LogP contribution in [0, 0.1) is 0 Å². The normalized spacial score (nSPS) is 11.0. The molecular formula is C20H14ClNO2. The van der Waals surface area contributed by atoms with Gasteiger partial charge in [-0.1, -0.05) is 35.9 Å². The number of aromatic hydroxyl groups is 2. The minimum absolute atomic E-state index is 0.221. The Hall–Kier alpha value is -2.91. The van der Waals surface area contributed by atoms with Crippen molar-refractivity contribution in [2.75, 3.05) is 0 Å². The third-order valence-electron chi connectivity index (χ3n) is 4.09. The fourth-order valence-electron chi connectivity index (χ4n) is 2.95. The first-order valence-corrected chi connectivity index (χ1v) is 7.90. The first-order valence-electron chi connectivity index (χ1n) is 7.52. The molecule has 1 heterocycles. The molecule has 1 aromatic heterocycles. The molecule has 3 N–H and O–H groups in total. The third kappa shape index (κ3) is 2.39. The van der Waals surface area contributed by atoms with Crippen LogP contribution in [0.2, 0.25) is 5.02 Å². The van der Waals surface area contributed by atoms with Gasteiger partial charge >= 0.3 is 0 Å². The van der Waals surface area contributed by atoms with Crippen LogP contribution in [-0.4, -0.2) is 15.2 Å². The van der Waals surface area contributed by atoms with Crippen molar-refractivity contribution >= 4 is 22.5 Å². The van der Waals surface area contributed by atoms with E-state index in [-0.39, 0.29) is 11.5 Å². The molecule has 24 heavy (non-hydrogen) atoms. The van der Waals surface area contributed by atoms with E-state index in [4.69, 9.17) is 11.6 Å². The quantitative estimate of drug-likeness (QED) is 0.448. The molecule has 0 amide bonds. The van der Waals surface area contributed by atoms with E-state index in [1.54, 1.807) is 24.3 Å². The van der Waals surface area contributed by atoms with Crippen LogP contribution in [0.1, 0.15) is 0 Å². The summed E-state index contributed by atoms with van der Waals surface area (Å²) in [5, 5.41) is 20.8. The molecule has 0 saturated heterocycles. The Kier molecular flexibility index (Phi) is 3.44. The summed E-state index contributed by atoms with van der Waals surface area (Å²) in [4.78, 5) is 3.41. The number of halogens is 1. The molecule has 4 heteroatoms. The fraction of sp³-hybridized carbons (Fsp3) is 0. The number of benzene rings is 3. The Morgan fingerprint density at radius 3 is 1.92 bits per heavy atom. The van der Waals surface area contributed by atoms with Gasteiger partial charge in [-0.25, -0.2) is 0 Å². The Labute approximate surface area is 143 Å². The molecule has 4 rings (SSSR count). The lowest BCUT2D eigenvalue weighted by Crippen LogP contribution is -1.82. The van der Waals surface area contributed by atoms with E-state index in [2.05, 4.69) is 4.98 Å². The number of hydrogen-bond acceptors (Lipinski definition) is 2. The topological polar surface area (TPSA) is 56.2 Å². The van der Waals surface area contributed by atoms with Gasteiger partial charge < -0.3 is 15.2 Å². The van der Waals surface area contributed by atoms with Gasteiger partial charge in [0.15, 0.2) is 0 Å². The Balaban J connectivity index is 2.05. The number of hydrogen-bond donors (Lipinski definition) is 3. The largest absolute Gasteiger partial charge is 0.508 e. The van der Waals surface area contributed by atoms with Crippen molar-refractivity contribution in [3.8, 4) is 33.9 Å². The van der Waals surface area contributed by atoms with E-state index in [1.807, 2.05) is 42.5 Å². The molecule has 0 unspecified atom stereocenters. The van der Waals surface area contributed by atoms with Crippen LogP contribution in [0.3, 0.4) is 0 Å². The standard InChI is InChI=1S/C20H14ClNO2/c21-17-3-1-2-16-18(12-4-8-14(23)9-5-12)19(22-20(16)17)13-6-10-15(24)11-7-13/h1-11,22-24H. The van der Waals surface area contributed by atoms with E-state index in [0.717, 1.165) is 33.3 Å². The van der Waals surface area contributed by atoms with Gasteiger partial charge in [0.25, 0.3) is 0 Å². The third-order valence-corrected chi connectivity index (χ3v) is 4.41. The van der Waals surface area contributed by atoms with Crippen LogP contribution in [0.25, 0.3) is 33.3 Å². The average Bonchev–Trinajstić information content (AvgIpc) is 2.97. The molecule has 0 radical (unpaired) electrons. The molecule has 0 atom stereocenters. The lowest BCUT2D eigenvalue weighted by Gasteiger charge is -2.06. The van der Waals surface area contributed by atoms with Gasteiger partial charge in [-0.3, -0.25) is 0 Å². The highest BCUT2D eigenvalue weighted by molar-refractivity contribution is 6.35. The van der Waals surface area contributed by atoms with Gasteiger partial charge in [0, 0.05) is 10.9 Å². The van der Waals surface area contributed by atoms with Crippen molar-refractivity contribution in [2.45, 2.75) is 0 Å². The summed E-state index contributed by atoms with van der Waals surface area (Å²) in [5.74, 6) is 0.446. The maximum absolute atomic E-state index is 9.57. The second-order valence-electron chi connectivity index (χ2n) is 5.63. The highest BCUT2D eigenvalue weighted by Crippen LogP contribution is 2.40. The number of nitrogens with one attached hydrogen (secondary N) is 1. The van der Waals surface area contributed by atoms with E-state index >= 15 is 0 Å². The predicted octanol–water partition coefficient (Wildman–Crippen LogP) is 5.57. The van der Waals surface area contributed by atoms with Crippen LogP contribution in [0.5, 0.6) is 11.5 Å².